The standard InChI is InChI=1S/C13H26N2/c1-11(2)7-12(3,4)9-13(8-11)10-14-5-6-15-13/h14-15H,5-10H2,1-4H3. The van der Waals surface area contributed by atoms with Gasteiger partial charge in [0.05, 0.1) is 0 Å². The Morgan fingerprint density at radius 2 is 1.40 bits per heavy atom. The molecule has 2 heteroatoms. The molecule has 1 aliphatic heterocycles. The van der Waals surface area contributed by atoms with Crippen molar-refractivity contribution in [2.75, 3.05) is 19.6 Å². The lowest BCUT2D eigenvalue weighted by molar-refractivity contribution is 0.0213. The van der Waals surface area contributed by atoms with Crippen molar-refractivity contribution < 1.29 is 0 Å². The van der Waals surface area contributed by atoms with Crippen molar-refractivity contribution in [2.24, 2.45) is 10.8 Å². The lowest BCUT2D eigenvalue weighted by Crippen LogP contribution is -2.64. The van der Waals surface area contributed by atoms with E-state index in [0.717, 1.165) is 19.6 Å². The first-order valence-electron chi connectivity index (χ1n) is 6.29. The maximum absolute atomic E-state index is 3.78. The molecule has 0 bridgehead atoms. The average molecular weight is 210 g/mol. The van der Waals surface area contributed by atoms with Crippen molar-refractivity contribution in [3.8, 4) is 0 Å². The van der Waals surface area contributed by atoms with Crippen molar-refractivity contribution in [3.63, 3.8) is 0 Å². The smallest absolute Gasteiger partial charge is 0.0316 e. The molecule has 1 spiro atoms. The maximum atomic E-state index is 3.78. The minimum Gasteiger partial charge on any atom is -0.314 e. The predicted molar refractivity (Wildman–Crippen MR) is 65.0 cm³/mol. The Morgan fingerprint density at radius 3 is 1.87 bits per heavy atom. The van der Waals surface area contributed by atoms with Gasteiger partial charge in [-0.15, -0.1) is 0 Å². The van der Waals surface area contributed by atoms with Gasteiger partial charge in [0.1, 0.15) is 0 Å². The van der Waals surface area contributed by atoms with Gasteiger partial charge in [-0.25, -0.2) is 0 Å². The number of piperazine rings is 1. The zero-order chi connectivity index (χ0) is 11.2. The Hall–Kier alpha value is -0.0800. The van der Waals surface area contributed by atoms with Crippen LogP contribution in [0.3, 0.4) is 0 Å². The van der Waals surface area contributed by atoms with Gasteiger partial charge in [0.25, 0.3) is 0 Å². The first-order chi connectivity index (χ1) is 6.83. The van der Waals surface area contributed by atoms with E-state index in [1.54, 1.807) is 0 Å². The highest BCUT2D eigenvalue weighted by molar-refractivity contribution is 5.05. The van der Waals surface area contributed by atoms with Gasteiger partial charge < -0.3 is 10.6 Å². The molecule has 0 amide bonds. The molecular weight excluding hydrogens is 184 g/mol. The Balaban J connectivity index is 2.18. The van der Waals surface area contributed by atoms with Gasteiger partial charge in [-0.1, -0.05) is 27.7 Å². The Labute approximate surface area is 94.2 Å². The van der Waals surface area contributed by atoms with E-state index < -0.39 is 0 Å². The summed E-state index contributed by atoms with van der Waals surface area (Å²) in [6.07, 6.45) is 3.98. The summed E-state index contributed by atoms with van der Waals surface area (Å²) in [6, 6.07) is 0. The molecule has 0 aromatic carbocycles. The summed E-state index contributed by atoms with van der Waals surface area (Å²) in [5.41, 5.74) is 1.32. The molecule has 15 heavy (non-hydrogen) atoms. The van der Waals surface area contributed by atoms with Crippen molar-refractivity contribution in [2.45, 2.75) is 52.5 Å². The second kappa shape index (κ2) is 3.46. The largest absolute Gasteiger partial charge is 0.314 e. The molecule has 2 fully saturated rings. The van der Waals surface area contributed by atoms with E-state index in [0.29, 0.717) is 16.4 Å². The number of nitrogens with one attached hydrogen (secondary N) is 2. The highest BCUT2D eigenvalue weighted by Gasteiger charge is 2.47. The van der Waals surface area contributed by atoms with Crippen LogP contribution >= 0.6 is 0 Å². The Morgan fingerprint density at radius 1 is 0.800 bits per heavy atom. The molecule has 1 saturated heterocycles. The topological polar surface area (TPSA) is 24.1 Å². The van der Waals surface area contributed by atoms with Crippen molar-refractivity contribution in [1.82, 2.24) is 10.6 Å². The van der Waals surface area contributed by atoms with Crippen LogP contribution in [0, 0.1) is 10.8 Å². The fourth-order valence-electron chi connectivity index (χ4n) is 4.37. The third-order valence-electron chi connectivity index (χ3n) is 3.86. The third kappa shape index (κ3) is 2.54. The number of rotatable bonds is 0. The second-order valence-corrected chi connectivity index (χ2v) is 7.24. The van der Waals surface area contributed by atoms with Crippen LogP contribution in [0.25, 0.3) is 0 Å². The SMILES string of the molecule is CC1(C)CC(C)(C)CC2(CNCCN2)C1. The molecule has 1 heterocycles. The average Bonchev–Trinajstić information content (AvgIpc) is 1.97. The first kappa shape index (κ1) is 11.4. The molecule has 2 aliphatic rings. The van der Waals surface area contributed by atoms with Gasteiger partial charge in [0.15, 0.2) is 0 Å². The van der Waals surface area contributed by atoms with Gasteiger partial charge in [-0.2, -0.15) is 0 Å². The predicted octanol–water partition coefficient (Wildman–Crippen LogP) is 2.15. The molecule has 0 atom stereocenters. The minimum absolute atomic E-state index is 0.365. The molecule has 0 aromatic rings. The van der Waals surface area contributed by atoms with Crippen LogP contribution < -0.4 is 10.6 Å². The zero-order valence-electron chi connectivity index (χ0n) is 10.7. The summed E-state index contributed by atoms with van der Waals surface area (Å²) < 4.78 is 0. The zero-order valence-corrected chi connectivity index (χ0v) is 10.7. The Bertz CT molecular complexity index is 219. The van der Waals surface area contributed by atoms with E-state index in [-0.39, 0.29) is 0 Å². The summed E-state index contributed by atoms with van der Waals surface area (Å²) in [6.45, 7) is 13.1. The van der Waals surface area contributed by atoms with Gasteiger partial charge in [-0.3, -0.25) is 0 Å². The minimum atomic E-state index is 0.365. The fourth-order valence-corrected chi connectivity index (χ4v) is 4.37. The van der Waals surface area contributed by atoms with Crippen molar-refractivity contribution >= 4 is 0 Å². The van der Waals surface area contributed by atoms with Gasteiger partial charge in [-0.05, 0) is 30.1 Å². The molecule has 2 nitrogen and oxygen atoms in total. The highest BCUT2D eigenvalue weighted by Crippen LogP contribution is 2.50. The third-order valence-corrected chi connectivity index (χ3v) is 3.86. The fraction of sp³-hybridized carbons (Fsp3) is 1.00. The maximum Gasteiger partial charge on any atom is 0.0316 e. The molecule has 1 saturated carbocycles. The summed E-state index contributed by atoms with van der Waals surface area (Å²) in [4.78, 5) is 0. The summed E-state index contributed by atoms with van der Waals surface area (Å²) >= 11 is 0. The van der Waals surface area contributed by atoms with Crippen LogP contribution in [0.2, 0.25) is 0 Å². The van der Waals surface area contributed by atoms with Gasteiger partial charge >= 0.3 is 0 Å². The number of hydrogen-bond donors (Lipinski definition) is 2. The van der Waals surface area contributed by atoms with Crippen LogP contribution in [-0.4, -0.2) is 25.2 Å². The van der Waals surface area contributed by atoms with Crippen LogP contribution in [0.1, 0.15) is 47.0 Å². The molecule has 2 N–H and O–H groups in total. The van der Waals surface area contributed by atoms with Gasteiger partial charge in [0, 0.05) is 25.2 Å². The lowest BCUT2D eigenvalue weighted by Gasteiger charge is -2.54. The second-order valence-electron chi connectivity index (χ2n) is 7.24. The van der Waals surface area contributed by atoms with E-state index in [2.05, 4.69) is 38.3 Å². The van der Waals surface area contributed by atoms with E-state index in [4.69, 9.17) is 0 Å². The summed E-state index contributed by atoms with van der Waals surface area (Å²) in [5, 5.41) is 7.34. The lowest BCUT2D eigenvalue weighted by atomic mass is 9.58. The summed E-state index contributed by atoms with van der Waals surface area (Å²) in [7, 11) is 0. The molecule has 2 rings (SSSR count). The normalized spacial score (nSPS) is 32.8. The number of hydrogen-bond acceptors (Lipinski definition) is 2. The van der Waals surface area contributed by atoms with Crippen molar-refractivity contribution in [1.29, 1.82) is 0 Å². The molecule has 0 unspecified atom stereocenters. The van der Waals surface area contributed by atoms with E-state index in [9.17, 15) is 0 Å². The van der Waals surface area contributed by atoms with Crippen LogP contribution in [0.15, 0.2) is 0 Å². The van der Waals surface area contributed by atoms with Crippen LogP contribution in [0.4, 0.5) is 0 Å². The van der Waals surface area contributed by atoms with Gasteiger partial charge in [0.2, 0.25) is 0 Å². The quantitative estimate of drug-likeness (QED) is 0.640. The molecule has 88 valence electrons. The Kier molecular flexibility index (Phi) is 2.63. The monoisotopic (exact) mass is 210 g/mol. The first-order valence-corrected chi connectivity index (χ1v) is 6.29. The molecule has 1 aliphatic carbocycles. The van der Waals surface area contributed by atoms with E-state index in [1.165, 1.54) is 19.3 Å². The van der Waals surface area contributed by atoms with Crippen LogP contribution in [-0.2, 0) is 0 Å². The van der Waals surface area contributed by atoms with E-state index in [1.807, 2.05) is 0 Å². The van der Waals surface area contributed by atoms with Crippen LogP contribution in [0.5, 0.6) is 0 Å². The highest BCUT2D eigenvalue weighted by atomic mass is 15.1. The van der Waals surface area contributed by atoms with Crippen molar-refractivity contribution in [3.05, 3.63) is 0 Å². The summed E-state index contributed by atoms with van der Waals surface area (Å²) in [5.74, 6) is 0. The van der Waals surface area contributed by atoms with E-state index >= 15 is 0 Å². The molecule has 0 aromatic heterocycles. The molecular formula is C13H26N2. The molecule has 0 radical (unpaired) electrons.